The first-order valence-electron chi connectivity index (χ1n) is 3.62. The third-order valence-electron chi connectivity index (χ3n) is 1.56. The average Bonchev–Trinajstić information content (AvgIpc) is 1.98. The third-order valence-corrected chi connectivity index (χ3v) is 1.56. The predicted molar refractivity (Wildman–Crippen MR) is 41.7 cm³/mol. The summed E-state index contributed by atoms with van der Waals surface area (Å²) >= 11 is 0. The van der Waals surface area contributed by atoms with Gasteiger partial charge in [-0.05, 0) is 21.0 Å². The number of rotatable bonds is 4. The van der Waals surface area contributed by atoms with Crippen molar-refractivity contribution in [1.29, 1.82) is 0 Å². The molecule has 0 aromatic rings. The average molecular weight is 159 g/mol. The summed E-state index contributed by atoms with van der Waals surface area (Å²) in [6.07, 6.45) is 0. The summed E-state index contributed by atoms with van der Waals surface area (Å²) in [5, 5.41) is 12.5. The normalized spacial score (nSPS) is 13.2. The Hall–Kier alpha value is -0.610. The molecule has 0 heterocycles. The van der Waals surface area contributed by atoms with Crippen molar-refractivity contribution in [3.8, 4) is 0 Å². The summed E-state index contributed by atoms with van der Waals surface area (Å²) in [6, 6.07) is -0.165. The quantitative estimate of drug-likeness (QED) is 0.600. The van der Waals surface area contributed by atoms with E-state index in [1.54, 1.807) is 11.8 Å². The van der Waals surface area contributed by atoms with Gasteiger partial charge in [-0.25, -0.2) is 5.11 Å². The van der Waals surface area contributed by atoms with Crippen LogP contribution >= 0.6 is 0 Å². The summed E-state index contributed by atoms with van der Waals surface area (Å²) in [4.78, 5) is 12.8. The minimum absolute atomic E-state index is 0.0918. The zero-order valence-electron chi connectivity index (χ0n) is 7.26. The van der Waals surface area contributed by atoms with E-state index in [0.717, 1.165) is 0 Å². The van der Waals surface area contributed by atoms with Crippen LogP contribution < -0.4 is 5.32 Å². The van der Waals surface area contributed by atoms with Crippen LogP contribution in [0.4, 0.5) is 0 Å². The van der Waals surface area contributed by atoms with Gasteiger partial charge < -0.3 is 5.32 Å². The van der Waals surface area contributed by atoms with Crippen LogP contribution in [0.1, 0.15) is 6.92 Å². The van der Waals surface area contributed by atoms with Crippen LogP contribution in [0.3, 0.4) is 0 Å². The number of nitrogens with one attached hydrogen (secondary N) is 1. The summed E-state index contributed by atoms with van der Waals surface area (Å²) in [5.74, 6) is -0.0918. The minimum atomic E-state index is -0.258. The van der Waals surface area contributed by atoms with Crippen molar-refractivity contribution < 1.29 is 9.90 Å². The Bertz CT molecular complexity index is 126. The lowest BCUT2D eigenvalue weighted by Crippen LogP contribution is -2.42. The molecule has 0 aromatic heterocycles. The van der Waals surface area contributed by atoms with E-state index in [2.05, 4.69) is 5.32 Å². The van der Waals surface area contributed by atoms with Crippen molar-refractivity contribution in [2.24, 2.45) is 0 Å². The van der Waals surface area contributed by atoms with Gasteiger partial charge in [0.05, 0.1) is 12.6 Å². The maximum atomic E-state index is 11.1. The van der Waals surface area contributed by atoms with Crippen LogP contribution in [-0.2, 0) is 9.90 Å². The van der Waals surface area contributed by atoms with E-state index in [-0.39, 0.29) is 25.1 Å². The predicted octanol–water partition coefficient (Wildman–Crippen LogP) is -0.517. The number of hydrogen-bond acceptors (Lipinski definition) is 2. The highest BCUT2D eigenvalue weighted by molar-refractivity contribution is 5.81. The smallest absolute Gasteiger partial charge is 0.237 e. The summed E-state index contributed by atoms with van der Waals surface area (Å²) in [7, 11) is 3.64. The van der Waals surface area contributed by atoms with Crippen molar-refractivity contribution >= 4 is 5.91 Å². The van der Waals surface area contributed by atoms with E-state index in [1.165, 1.54) is 0 Å². The van der Waals surface area contributed by atoms with Crippen molar-refractivity contribution in [2.45, 2.75) is 13.0 Å². The van der Waals surface area contributed by atoms with Gasteiger partial charge in [0.25, 0.3) is 0 Å². The first-order valence-corrected chi connectivity index (χ1v) is 3.62. The molecule has 0 saturated carbocycles. The number of carbonyl (C=O) groups excluding carboxylic acids is 1. The van der Waals surface area contributed by atoms with E-state index >= 15 is 0 Å². The Labute approximate surface area is 67.2 Å². The van der Waals surface area contributed by atoms with Crippen LogP contribution in [0.15, 0.2) is 0 Å². The number of likely N-dealkylation sites (N-methyl/N-ethyl adjacent to an activating group) is 1. The first kappa shape index (κ1) is 10.4. The van der Waals surface area contributed by atoms with Crippen molar-refractivity contribution in [2.75, 3.05) is 27.2 Å². The Balaban J connectivity index is 3.64. The molecule has 0 unspecified atom stereocenters. The number of nitrogens with zero attached hydrogens (tertiary/aromatic N) is 1. The van der Waals surface area contributed by atoms with Gasteiger partial charge in [0.15, 0.2) is 0 Å². The molecule has 1 radical (unpaired) electrons. The molecule has 0 aliphatic carbocycles. The second kappa shape index (κ2) is 5.09. The second-order valence-corrected chi connectivity index (χ2v) is 2.63. The molecule has 0 bridgehead atoms. The topological polar surface area (TPSA) is 52.2 Å². The van der Waals surface area contributed by atoms with E-state index in [0.29, 0.717) is 0 Å². The molecule has 4 heteroatoms. The number of carbonyl (C=O) groups is 1. The standard InChI is InChI=1S/C7H15N2O2/c1-6(9(2)3)7(11)8-4-5-10/h6H,4-5H2,1-3H3,(H,8,11)/t6-/m1/s1. The Kier molecular flexibility index (Phi) is 4.81. The maximum absolute atomic E-state index is 11.1. The van der Waals surface area contributed by atoms with Crippen LogP contribution in [0, 0.1) is 0 Å². The molecule has 11 heavy (non-hydrogen) atoms. The van der Waals surface area contributed by atoms with E-state index in [9.17, 15) is 9.90 Å². The van der Waals surface area contributed by atoms with E-state index in [4.69, 9.17) is 0 Å². The second-order valence-electron chi connectivity index (χ2n) is 2.63. The van der Waals surface area contributed by atoms with Gasteiger partial charge in [-0.3, -0.25) is 9.69 Å². The summed E-state index contributed by atoms with van der Waals surface area (Å²) in [5.41, 5.74) is 0. The van der Waals surface area contributed by atoms with Gasteiger partial charge in [0, 0.05) is 6.54 Å². The van der Waals surface area contributed by atoms with E-state index < -0.39 is 0 Å². The van der Waals surface area contributed by atoms with Gasteiger partial charge >= 0.3 is 0 Å². The molecule has 1 atom stereocenters. The van der Waals surface area contributed by atoms with Gasteiger partial charge in [0.2, 0.25) is 5.91 Å². The molecule has 1 amide bonds. The minimum Gasteiger partial charge on any atom is -0.352 e. The molecule has 1 N–H and O–H groups in total. The van der Waals surface area contributed by atoms with Crippen molar-refractivity contribution in [3.05, 3.63) is 0 Å². The molecule has 0 aliphatic heterocycles. The highest BCUT2D eigenvalue weighted by atomic mass is 16.3. The fourth-order valence-electron chi connectivity index (χ4n) is 0.556. The molecular formula is C7H15N2O2. The van der Waals surface area contributed by atoms with Gasteiger partial charge in [-0.15, -0.1) is 0 Å². The van der Waals surface area contributed by atoms with Gasteiger partial charge in [0.1, 0.15) is 0 Å². The van der Waals surface area contributed by atoms with Crippen LogP contribution in [0.25, 0.3) is 0 Å². The van der Waals surface area contributed by atoms with Crippen LogP contribution in [0.5, 0.6) is 0 Å². The zero-order chi connectivity index (χ0) is 8.85. The Morgan fingerprint density at radius 2 is 2.09 bits per heavy atom. The Morgan fingerprint density at radius 3 is 2.45 bits per heavy atom. The fraction of sp³-hybridized carbons (Fsp3) is 0.857. The number of hydrogen-bond donors (Lipinski definition) is 1. The lowest BCUT2D eigenvalue weighted by Gasteiger charge is -2.18. The molecule has 0 saturated heterocycles. The highest BCUT2D eigenvalue weighted by Crippen LogP contribution is 1.89. The fourth-order valence-corrected chi connectivity index (χ4v) is 0.556. The lowest BCUT2D eigenvalue weighted by atomic mass is 10.3. The molecule has 0 fully saturated rings. The zero-order valence-corrected chi connectivity index (χ0v) is 7.26. The SMILES string of the molecule is C[C@H](C(=O)NCC[O])N(C)C. The molecule has 0 aromatic carbocycles. The number of amides is 1. The molecular weight excluding hydrogens is 144 g/mol. The highest BCUT2D eigenvalue weighted by Gasteiger charge is 2.13. The van der Waals surface area contributed by atoms with Crippen molar-refractivity contribution in [1.82, 2.24) is 10.2 Å². The largest absolute Gasteiger partial charge is 0.352 e. The van der Waals surface area contributed by atoms with Gasteiger partial charge in [-0.2, -0.15) is 0 Å². The molecule has 65 valence electrons. The third kappa shape index (κ3) is 3.95. The lowest BCUT2D eigenvalue weighted by molar-refractivity contribution is -0.125. The first-order chi connectivity index (χ1) is 5.09. The van der Waals surface area contributed by atoms with Crippen molar-refractivity contribution in [3.63, 3.8) is 0 Å². The molecule has 0 aliphatic rings. The monoisotopic (exact) mass is 159 g/mol. The summed E-state index contributed by atoms with van der Waals surface area (Å²) < 4.78 is 0. The maximum Gasteiger partial charge on any atom is 0.237 e. The van der Waals surface area contributed by atoms with Gasteiger partial charge in [-0.1, -0.05) is 0 Å². The summed E-state index contributed by atoms with van der Waals surface area (Å²) in [6.45, 7) is 1.75. The molecule has 0 rings (SSSR count). The molecule has 0 spiro atoms. The molecule has 4 nitrogen and oxygen atoms in total. The van der Waals surface area contributed by atoms with Crippen LogP contribution in [-0.4, -0.2) is 44.1 Å². The Morgan fingerprint density at radius 1 is 1.55 bits per heavy atom. The van der Waals surface area contributed by atoms with E-state index in [1.807, 2.05) is 14.1 Å². The van der Waals surface area contributed by atoms with Crippen LogP contribution in [0.2, 0.25) is 0 Å².